The maximum atomic E-state index is 12.7. The van der Waals surface area contributed by atoms with Crippen LogP contribution < -0.4 is 5.73 Å². The fourth-order valence-corrected chi connectivity index (χ4v) is 1.57. The molecule has 0 heterocycles. The van der Waals surface area contributed by atoms with Crippen LogP contribution in [-0.4, -0.2) is 5.91 Å². The standard InChI is InChI=1S/C10H7F6NO/c1-4-2-3-5(8(17)18)7(10(14,15)16)6(4)9(11,12)13/h2-3H,1H3,(H2,17,18). The summed E-state index contributed by atoms with van der Waals surface area (Å²) in [5.74, 6) is -1.56. The third-order valence-electron chi connectivity index (χ3n) is 2.25. The van der Waals surface area contributed by atoms with Crippen LogP contribution in [0.25, 0.3) is 0 Å². The molecule has 100 valence electrons. The van der Waals surface area contributed by atoms with Crippen molar-refractivity contribution in [2.45, 2.75) is 19.3 Å². The summed E-state index contributed by atoms with van der Waals surface area (Å²) in [6.07, 6.45) is -10.5. The van der Waals surface area contributed by atoms with E-state index in [0.29, 0.717) is 6.07 Å². The van der Waals surface area contributed by atoms with Gasteiger partial charge in [-0.1, -0.05) is 6.07 Å². The number of halogens is 6. The van der Waals surface area contributed by atoms with Gasteiger partial charge in [0.1, 0.15) is 0 Å². The van der Waals surface area contributed by atoms with Crippen LogP contribution in [0, 0.1) is 6.92 Å². The van der Waals surface area contributed by atoms with Crippen LogP contribution >= 0.6 is 0 Å². The number of aryl methyl sites for hydroxylation is 1. The first-order chi connectivity index (χ1) is 7.96. The first kappa shape index (κ1) is 14.3. The van der Waals surface area contributed by atoms with Crippen molar-refractivity contribution >= 4 is 5.91 Å². The lowest BCUT2D eigenvalue weighted by Crippen LogP contribution is -2.25. The van der Waals surface area contributed by atoms with Crippen LogP contribution in [0.15, 0.2) is 12.1 Å². The van der Waals surface area contributed by atoms with Gasteiger partial charge >= 0.3 is 12.4 Å². The summed E-state index contributed by atoms with van der Waals surface area (Å²) >= 11 is 0. The van der Waals surface area contributed by atoms with Crippen LogP contribution in [0.1, 0.15) is 27.0 Å². The zero-order valence-electron chi connectivity index (χ0n) is 8.91. The number of carbonyl (C=O) groups excluding carboxylic acids is 1. The summed E-state index contributed by atoms with van der Waals surface area (Å²) in [5.41, 5.74) is -1.07. The maximum Gasteiger partial charge on any atom is 0.417 e. The molecule has 0 spiro atoms. The number of rotatable bonds is 1. The van der Waals surface area contributed by atoms with E-state index >= 15 is 0 Å². The SMILES string of the molecule is Cc1ccc(C(N)=O)c(C(F)(F)F)c1C(F)(F)F. The minimum absolute atomic E-state index is 0.625. The number of amides is 1. The Morgan fingerprint density at radius 1 is 1.00 bits per heavy atom. The second kappa shape index (κ2) is 4.18. The zero-order chi connectivity index (χ0) is 14.3. The Kier molecular flexibility index (Phi) is 3.33. The van der Waals surface area contributed by atoms with Crippen LogP contribution in [-0.2, 0) is 12.4 Å². The molecule has 0 aliphatic carbocycles. The second-order valence-corrected chi connectivity index (χ2v) is 3.54. The van der Waals surface area contributed by atoms with E-state index in [9.17, 15) is 31.1 Å². The molecule has 0 fully saturated rings. The Morgan fingerprint density at radius 3 is 1.78 bits per heavy atom. The van der Waals surface area contributed by atoms with Gasteiger partial charge in [-0.15, -0.1) is 0 Å². The van der Waals surface area contributed by atoms with Crippen molar-refractivity contribution in [2.24, 2.45) is 5.73 Å². The van der Waals surface area contributed by atoms with Crippen molar-refractivity contribution in [3.63, 3.8) is 0 Å². The van der Waals surface area contributed by atoms with Gasteiger partial charge in [0, 0.05) is 0 Å². The fourth-order valence-electron chi connectivity index (χ4n) is 1.57. The molecule has 0 radical (unpaired) electrons. The maximum absolute atomic E-state index is 12.7. The normalized spacial score (nSPS) is 12.6. The Hall–Kier alpha value is -1.73. The van der Waals surface area contributed by atoms with Gasteiger partial charge in [-0.3, -0.25) is 4.79 Å². The van der Waals surface area contributed by atoms with Gasteiger partial charge in [0.25, 0.3) is 0 Å². The molecule has 8 heteroatoms. The lowest BCUT2D eigenvalue weighted by Gasteiger charge is -2.19. The molecule has 1 aromatic rings. The zero-order valence-corrected chi connectivity index (χ0v) is 8.91. The third kappa shape index (κ3) is 2.57. The quantitative estimate of drug-likeness (QED) is 0.783. The molecule has 1 aromatic carbocycles. The Morgan fingerprint density at radius 2 is 1.44 bits per heavy atom. The highest BCUT2D eigenvalue weighted by molar-refractivity contribution is 5.95. The summed E-state index contributed by atoms with van der Waals surface area (Å²) in [6, 6.07) is 1.41. The molecule has 1 amide bonds. The molecule has 1 rings (SSSR count). The largest absolute Gasteiger partial charge is 0.417 e. The molecule has 0 saturated heterocycles. The molecular weight excluding hydrogens is 264 g/mol. The Labute approximate surface area is 97.4 Å². The van der Waals surface area contributed by atoms with Crippen LogP contribution in [0.4, 0.5) is 26.3 Å². The van der Waals surface area contributed by atoms with E-state index in [2.05, 4.69) is 5.73 Å². The summed E-state index contributed by atoms with van der Waals surface area (Å²) in [7, 11) is 0. The number of hydrogen-bond donors (Lipinski definition) is 1. The average Bonchev–Trinajstić information content (AvgIpc) is 2.13. The van der Waals surface area contributed by atoms with Crippen molar-refractivity contribution in [2.75, 3.05) is 0 Å². The molecule has 2 N–H and O–H groups in total. The van der Waals surface area contributed by atoms with Gasteiger partial charge in [-0.05, 0) is 18.6 Å². The third-order valence-corrected chi connectivity index (χ3v) is 2.25. The minimum Gasteiger partial charge on any atom is -0.366 e. The molecule has 0 bridgehead atoms. The summed E-state index contributed by atoms with van der Waals surface area (Å²) in [6.45, 7) is 0.878. The first-order valence-electron chi connectivity index (χ1n) is 4.54. The Balaban J connectivity index is 3.79. The average molecular weight is 271 g/mol. The lowest BCUT2D eigenvalue weighted by molar-refractivity contribution is -0.162. The van der Waals surface area contributed by atoms with Crippen molar-refractivity contribution in [1.82, 2.24) is 0 Å². The topological polar surface area (TPSA) is 43.1 Å². The highest BCUT2D eigenvalue weighted by atomic mass is 19.4. The molecule has 0 atom stereocenters. The molecule has 0 unspecified atom stereocenters. The van der Waals surface area contributed by atoms with Crippen molar-refractivity contribution in [3.8, 4) is 0 Å². The molecule has 0 aromatic heterocycles. The predicted octanol–water partition coefficient (Wildman–Crippen LogP) is 3.13. The van der Waals surface area contributed by atoms with Crippen LogP contribution in [0.5, 0.6) is 0 Å². The van der Waals surface area contributed by atoms with Crippen LogP contribution in [0.3, 0.4) is 0 Å². The molecule has 18 heavy (non-hydrogen) atoms. The molecule has 0 aliphatic rings. The van der Waals surface area contributed by atoms with E-state index in [-0.39, 0.29) is 0 Å². The minimum atomic E-state index is -5.32. The van der Waals surface area contributed by atoms with E-state index in [0.717, 1.165) is 13.0 Å². The van der Waals surface area contributed by atoms with Gasteiger partial charge in [0.05, 0.1) is 16.7 Å². The monoisotopic (exact) mass is 271 g/mol. The molecular formula is C10H7F6NO. The molecule has 0 aliphatic heterocycles. The summed E-state index contributed by atoms with van der Waals surface area (Å²) in [5, 5.41) is 0. The number of primary amides is 1. The molecule has 0 saturated carbocycles. The number of hydrogen-bond acceptors (Lipinski definition) is 1. The Bertz CT molecular complexity index is 488. The van der Waals surface area contributed by atoms with Gasteiger partial charge in [0.15, 0.2) is 0 Å². The smallest absolute Gasteiger partial charge is 0.366 e. The predicted molar refractivity (Wildman–Crippen MR) is 49.7 cm³/mol. The summed E-state index contributed by atoms with van der Waals surface area (Å²) in [4.78, 5) is 10.8. The number of benzene rings is 1. The number of carbonyl (C=O) groups is 1. The lowest BCUT2D eigenvalue weighted by atomic mass is 9.95. The van der Waals surface area contributed by atoms with Crippen molar-refractivity contribution < 1.29 is 31.1 Å². The van der Waals surface area contributed by atoms with Crippen LogP contribution in [0.2, 0.25) is 0 Å². The van der Waals surface area contributed by atoms with Gasteiger partial charge < -0.3 is 5.73 Å². The van der Waals surface area contributed by atoms with E-state index < -0.39 is 40.5 Å². The highest BCUT2D eigenvalue weighted by Crippen LogP contribution is 2.43. The first-order valence-corrected chi connectivity index (χ1v) is 4.54. The number of alkyl halides is 6. The van der Waals surface area contributed by atoms with Crippen molar-refractivity contribution in [1.29, 1.82) is 0 Å². The highest BCUT2D eigenvalue weighted by Gasteiger charge is 2.46. The molecule has 2 nitrogen and oxygen atoms in total. The second-order valence-electron chi connectivity index (χ2n) is 3.54. The van der Waals surface area contributed by atoms with E-state index in [1.807, 2.05) is 0 Å². The fraction of sp³-hybridized carbons (Fsp3) is 0.300. The van der Waals surface area contributed by atoms with Gasteiger partial charge in [0.2, 0.25) is 5.91 Å². The van der Waals surface area contributed by atoms with Gasteiger partial charge in [-0.25, -0.2) is 0 Å². The van der Waals surface area contributed by atoms with Crippen molar-refractivity contribution in [3.05, 3.63) is 34.4 Å². The van der Waals surface area contributed by atoms with E-state index in [1.165, 1.54) is 0 Å². The van der Waals surface area contributed by atoms with E-state index in [1.54, 1.807) is 0 Å². The summed E-state index contributed by atoms with van der Waals surface area (Å²) < 4.78 is 75.9. The van der Waals surface area contributed by atoms with Gasteiger partial charge in [-0.2, -0.15) is 26.3 Å². The number of nitrogens with two attached hydrogens (primary N) is 1. The van der Waals surface area contributed by atoms with E-state index in [4.69, 9.17) is 0 Å².